The van der Waals surface area contributed by atoms with Crippen molar-refractivity contribution >= 4 is 0 Å². The summed E-state index contributed by atoms with van der Waals surface area (Å²) in [5.74, 6) is 1.06. The summed E-state index contributed by atoms with van der Waals surface area (Å²) in [6.07, 6.45) is 7.12. The molecule has 1 aliphatic rings. The molecule has 90 valence electrons. The van der Waals surface area contributed by atoms with E-state index in [1.54, 1.807) is 0 Å². The molecule has 4 heteroatoms. The van der Waals surface area contributed by atoms with Crippen molar-refractivity contribution in [1.82, 2.24) is 9.55 Å². The van der Waals surface area contributed by atoms with E-state index in [4.69, 9.17) is 10.5 Å². The molecule has 0 amide bonds. The third kappa shape index (κ3) is 2.62. The van der Waals surface area contributed by atoms with Crippen LogP contribution in [0.25, 0.3) is 0 Å². The first-order chi connectivity index (χ1) is 7.81. The first kappa shape index (κ1) is 11.6. The van der Waals surface area contributed by atoms with Crippen LogP contribution in [0.4, 0.5) is 0 Å². The van der Waals surface area contributed by atoms with Crippen LogP contribution in [-0.2, 0) is 17.8 Å². The number of hydrogen-bond donors (Lipinski definition) is 1. The zero-order chi connectivity index (χ0) is 11.4. The van der Waals surface area contributed by atoms with Gasteiger partial charge < -0.3 is 15.0 Å². The first-order valence-electron chi connectivity index (χ1n) is 6.14. The maximum atomic E-state index is 5.67. The molecule has 0 aromatic carbocycles. The molecule has 2 rings (SSSR count). The monoisotopic (exact) mass is 223 g/mol. The van der Waals surface area contributed by atoms with E-state index >= 15 is 0 Å². The Hall–Kier alpha value is -0.870. The molecule has 0 aliphatic carbocycles. The van der Waals surface area contributed by atoms with Crippen molar-refractivity contribution in [3.05, 3.63) is 17.7 Å². The van der Waals surface area contributed by atoms with Crippen LogP contribution in [0.1, 0.15) is 37.2 Å². The van der Waals surface area contributed by atoms with Gasteiger partial charge in [-0.1, -0.05) is 0 Å². The van der Waals surface area contributed by atoms with Crippen LogP contribution in [0.3, 0.4) is 0 Å². The first-order valence-corrected chi connectivity index (χ1v) is 6.14. The molecule has 1 saturated heterocycles. The van der Waals surface area contributed by atoms with Crippen LogP contribution in [0.15, 0.2) is 6.20 Å². The Labute approximate surface area is 96.8 Å². The van der Waals surface area contributed by atoms with Gasteiger partial charge in [-0.3, -0.25) is 0 Å². The predicted octanol–water partition coefficient (Wildman–Crippen LogP) is 1.61. The third-order valence-corrected chi connectivity index (χ3v) is 3.28. The number of imidazole rings is 1. The van der Waals surface area contributed by atoms with Gasteiger partial charge in [0.1, 0.15) is 5.82 Å². The summed E-state index contributed by atoms with van der Waals surface area (Å²) < 4.78 is 7.83. The molecule has 0 radical (unpaired) electrons. The number of ether oxygens (including phenoxy) is 1. The van der Waals surface area contributed by atoms with Gasteiger partial charge in [0.25, 0.3) is 0 Å². The van der Waals surface area contributed by atoms with E-state index in [1.807, 2.05) is 13.1 Å². The van der Waals surface area contributed by atoms with E-state index < -0.39 is 0 Å². The van der Waals surface area contributed by atoms with E-state index in [0.717, 1.165) is 37.5 Å². The molecule has 1 atom stereocenters. The Morgan fingerprint density at radius 2 is 2.50 bits per heavy atom. The molecule has 0 saturated carbocycles. The second-order valence-electron chi connectivity index (χ2n) is 4.43. The number of nitrogens with zero attached hydrogens (tertiary/aromatic N) is 2. The molecule has 0 bridgehead atoms. The lowest BCUT2D eigenvalue weighted by Gasteiger charge is -2.12. The fourth-order valence-corrected chi connectivity index (χ4v) is 2.33. The van der Waals surface area contributed by atoms with Gasteiger partial charge in [0.15, 0.2) is 0 Å². The van der Waals surface area contributed by atoms with Crippen molar-refractivity contribution < 1.29 is 4.74 Å². The largest absolute Gasteiger partial charge is 0.378 e. The van der Waals surface area contributed by atoms with Crippen molar-refractivity contribution in [2.24, 2.45) is 5.73 Å². The van der Waals surface area contributed by atoms with Crippen molar-refractivity contribution in [3.8, 4) is 0 Å². The smallest absolute Gasteiger partial charge is 0.105 e. The highest BCUT2D eigenvalue weighted by Crippen LogP contribution is 2.17. The molecule has 1 fully saturated rings. The summed E-state index contributed by atoms with van der Waals surface area (Å²) in [4.78, 5) is 4.29. The summed E-state index contributed by atoms with van der Waals surface area (Å²) in [6.45, 7) is 4.56. The van der Waals surface area contributed by atoms with Gasteiger partial charge in [-0.05, 0) is 32.6 Å². The van der Waals surface area contributed by atoms with Crippen LogP contribution in [0, 0.1) is 6.92 Å². The van der Waals surface area contributed by atoms with Gasteiger partial charge in [0, 0.05) is 25.9 Å². The summed E-state index contributed by atoms with van der Waals surface area (Å²) >= 11 is 0. The zero-order valence-electron chi connectivity index (χ0n) is 9.98. The molecule has 1 unspecified atom stereocenters. The highest BCUT2D eigenvalue weighted by molar-refractivity contribution is 5.03. The maximum Gasteiger partial charge on any atom is 0.105 e. The molecule has 2 heterocycles. The van der Waals surface area contributed by atoms with Crippen molar-refractivity contribution in [1.29, 1.82) is 0 Å². The quantitative estimate of drug-likeness (QED) is 0.825. The number of hydrogen-bond acceptors (Lipinski definition) is 3. The fraction of sp³-hybridized carbons (Fsp3) is 0.750. The number of aromatic nitrogens is 2. The number of rotatable bonds is 5. The van der Waals surface area contributed by atoms with Gasteiger partial charge >= 0.3 is 0 Å². The molecule has 16 heavy (non-hydrogen) atoms. The van der Waals surface area contributed by atoms with Gasteiger partial charge in [-0.2, -0.15) is 0 Å². The minimum absolute atomic E-state index is 0.491. The SMILES string of the molecule is Cc1ncc(CN)n1CCCC1CCCO1. The Morgan fingerprint density at radius 1 is 1.62 bits per heavy atom. The molecule has 0 spiro atoms. The number of aryl methyl sites for hydroxylation is 1. The van der Waals surface area contributed by atoms with Crippen molar-refractivity contribution in [2.45, 2.75) is 51.8 Å². The van der Waals surface area contributed by atoms with Gasteiger partial charge in [0.2, 0.25) is 0 Å². The minimum atomic E-state index is 0.491. The Bertz CT molecular complexity index is 329. The standard InChI is InChI=1S/C12H21N3O/c1-10-14-9-11(8-13)15(10)6-2-4-12-5-3-7-16-12/h9,12H,2-8,13H2,1H3. The molecule has 1 aromatic heterocycles. The highest BCUT2D eigenvalue weighted by Gasteiger charge is 2.15. The second kappa shape index (κ2) is 5.46. The lowest BCUT2D eigenvalue weighted by Crippen LogP contribution is -2.11. The fourth-order valence-electron chi connectivity index (χ4n) is 2.33. The van der Waals surface area contributed by atoms with Crippen LogP contribution < -0.4 is 5.73 Å². The van der Waals surface area contributed by atoms with Crippen LogP contribution >= 0.6 is 0 Å². The van der Waals surface area contributed by atoms with E-state index in [1.165, 1.54) is 12.8 Å². The average Bonchev–Trinajstić information content (AvgIpc) is 2.90. The third-order valence-electron chi connectivity index (χ3n) is 3.28. The zero-order valence-corrected chi connectivity index (χ0v) is 9.98. The summed E-state index contributed by atoms with van der Waals surface area (Å²) in [5, 5.41) is 0. The topological polar surface area (TPSA) is 53.1 Å². The van der Waals surface area contributed by atoms with Crippen molar-refractivity contribution in [2.75, 3.05) is 6.61 Å². The Balaban J connectivity index is 1.81. The van der Waals surface area contributed by atoms with E-state index in [9.17, 15) is 0 Å². The molecule has 2 N–H and O–H groups in total. The maximum absolute atomic E-state index is 5.67. The van der Waals surface area contributed by atoms with Crippen LogP contribution in [0.5, 0.6) is 0 Å². The summed E-state index contributed by atoms with van der Waals surface area (Å²) in [5.41, 5.74) is 6.80. The van der Waals surface area contributed by atoms with E-state index in [0.29, 0.717) is 12.6 Å². The average molecular weight is 223 g/mol. The Kier molecular flexibility index (Phi) is 3.96. The van der Waals surface area contributed by atoms with Gasteiger partial charge in [-0.25, -0.2) is 4.98 Å². The van der Waals surface area contributed by atoms with Crippen LogP contribution in [-0.4, -0.2) is 22.3 Å². The summed E-state index contributed by atoms with van der Waals surface area (Å²) in [7, 11) is 0. The van der Waals surface area contributed by atoms with Crippen LogP contribution in [0.2, 0.25) is 0 Å². The Morgan fingerprint density at radius 3 is 3.19 bits per heavy atom. The lowest BCUT2D eigenvalue weighted by atomic mass is 10.1. The molecular formula is C12H21N3O. The molecule has 4 nitrogen and oxygen atoms in total. The number of nitrogens with two attached hydrogens (primary N) is 1. The highest BCUT2D eigenvalue weighted by atomic mass is 16.5. The van der Waals surface area contributed by atoms with Gasteiger partial charge in [0.05, 0.1) is 11.8 Å². The predicted molar refractivity (Wildman–Crippen MR) is 63.1 cm³/mol. The molecular weight excluding hydrogens is 202 g/mol. The van der Waals surface area contributed by atoms with Crippen molar-refractivity contribution in [3.63, 3.8) is 0 Å². The normalized spacial score (nSPS) is 20.5. The lowest BCUT2D eigenvalue weighted by molar-refractivity contribution is 0.101. The van der Waals surface area contributed by atoms with E-state index in [-0.39, 0.29) is 0 Å². The second-order valence-corrected chi connectivity index (χ2v) is 4.43. The molecule has 1 aromatic rings. The summed E-state index contributed by atoms with van der Waals surface area (Å²) in [6, 6.07) is 0. The molecule has 1 aliphatic heterocycles. The van der Waals surface area contributed by atoms with E-state index in [2.05, 4.69) is 9.55 Å². The minimum Gasteiger partial charge on any atom is -0.378 e. The van der Waals surface area contributed by atoms with Gasteiger partial charge in [-0.15, -0.1) is 0 Å².